The van der Waals surface area contributed by atoms with E-state index in [1.807, 2.05) is 24.3 Å². The lowest BCUT2D eigenvalue weighted by Gasteiger charge is -2.30. The lowest BCUT2D eigenvalue weighted by Crippen LogP contribution is -2.40. The standard InChI is InChI=1S/C19H17Cl2N3O2/c20-13-6-7-17(15(21)12-13)26-11-10-23-8-3-9-24-18(25)14-4-1-2-5-16(14)22-19(23)24/h1-2,4-7,12H,3,8-11H2. The van der Waals surface area contributed by atoms with Gasteiger partial charge in [-0.1, -0.05) is 35.3 Å². The number of nitrogens with zero attached hydrogens (tertiary/aromatic N) is 3. The molecule has 0 aliphatic carbocycles. The molecule has 0 radical (unpaired) electrons. The van der Waals surface area contributed by atoms with Crippen LogP contribution in [0.3, 0.4) is 0 Å². The third-order valence-electron chi connectivity index (χ3n) is 4.45. The SMILES string of the molecule is O=c1c2ccccc2nc2n1CCCN2CCOc1ccc(Cl)cc1Cl. The zero-order valence-electron chi connectivity index (χ0n) is 14.0. The molecule has 1 aliphatic heterocycles. The normalized spacial score (nSPS) is 13.7. The van der Waals surface area contributed by atoms with E-state index in [1.165, 1.54) is 0 Å². The van der Waals surface area contributed by atoms with Crippen LogP contribution in [0, 0.1) is 0 Å². The lowest BCUT2D eigenvalue weighted by molar-refractivity contribution is 0.319. The third-order valence-corrected chi connectivity index (χ3v) is 4.98. The van der Waals surface area contributed by atoms with Crippen molar-refractivity contribution in [2.75, 3.05) is 24.6 Å². The van der Waals surface area contributed by atoms with Crippen molar-refractivity contribution >= 4 is 40.1 Å². The van der Waals surface area contributed by atoms with Crippen LogP contribution in [0.25, 0.3) is 10.9 Å². The fraction of sp³-hybridized carbons (Fsp3) is 0.263. The van der Waals surface area contributed by atoms with Gasteiger partial charge in [-0.15, -0.1) is 0 Å². The van der Waals surface area contributed by atoms with Gasteiger partial charge in [-0.05, 0) is 36.8 Å². The average Bonchev–Trinajstić information content (AvgIpc) is 2.64. The first-order valence-electron chi connectivity index (χ1n) is 8.46. The van der Waals surface area contributed by atoms with Gasteiger partial charge in [0.1, 0.15) is 12.4 Å². The third kappa shape index (κ3) is 3.24. The van der Waals surface area contributed by atoms with Crippen LogP contribution in [0.4, 0.5) is 5.95 Å². The Hall–Kier alpha value is -2.24. The van der Waals surface area contributed by atoms with Crippen LogP contribution < -0.4 is 15.2 Å². The molecular formula is C19H17Cl2N3O2. The average molecular weight is 390 g/mol. The largest absolute Gasteiger partial charge is 0.490 e. The van der Waals surface area contributed by atoms with Crippen LogP contribution in [0.15, 0.2) is 47.3 Å². The molecule has 0 spiro atoms. The van der Waals surface area contributed by atoms with Crippen LogP contribution in [0.5, 0.6) is 5.75 Å². The summed E-state index contributed by atoms with van der Waals surface area (Å²) in [5.74, 6) is 1.29. The Balaban J connectivity index is 1.55. The molecule has 0 unspecified atom stereocenters. The van der Waals surface area contributed by atoms with Gasteiger partial charge in [0, 0.05) is 18.1 Å². The molecule has 7 heteroatoms. The zero-order chi connectivity index (χ0) is 18.1. The Kier molecular flexibility index (Phi) is 4.74. The van der Waals surface area contributed by atoms with E-state index >= 15 is 0 Å². The first-order chi connectivity index (χ1) is 12.6. The van der Waals surface area contributed by atoms with E-state index in [2.05, 4.69) is 4.90 Å². The minimum absolute atomic E-state index is 0.0111. The molecule has 134 valence electrons. The quantitative estimate of drug-likeness (QED) is 0.676. The highest BCUT2D eigenvalue weighted by atomic mass is 35.5. The molecule has 0 saturated heterocycles. The van der Waals surface area contributed by atoms with Gasteiger partial charge < -0.3 is 9.64 Å². The fourth-order valence-electron chi connectivity index (χ4n) is 3.19. The predicted molar refractivity (Wildman–Crippen MR) is 105 cm³/mol. The highest BCUT2D eigenvalue weighted by molar-refractivity contribution is 6.35. The lowest BCUT2D eigenvalue weighted by atomic mass is 10.2. The van der Waals surface area contributed by atoms with E-state index in [4.69, 9.17) is 32.9 Å². The maximum absolute atomic E-state index is 12.7. The monoisotopic (exact) mass is 389 g/mol. The molecule has 1 aromatic heterocycles. The number of anilines is 1. The molecular weight excluding hydrogens is 373 g/mol. The van der Waals surface area contributed by atoms with Gasteiger partial charge in [-0.3, -0.25) is 9.36 Å². The molecule has 0 bridgehead atoms. The predicted octanol–water partition coefficient (Wildman–Crippen LogP) is 3.99. The molecule has 5 nitrogen and oxygen atoms in total. The molecule has 0 saturated carbocycles. The second-order valence-electron chi connectivity index (χ2n) is 6.15. The first kappa shape index (κ1) is 17.2. The Morgan fingerprint density at radius 2 is 1.96 bits per heavy atom. The van der Waals surface area contributed by atoms with Gasteiger partial charge in [-0.2, -0.15) is 0 Å². The van der Waals surface area contributed by atoms with Crippen molar-refractivity contribution in [1.29, 1.82) is 0 Å². The molecule has 2 heterocycles. The van der Waals surface area contributed by atoms with Crippen molar-refractivity contribution in [3.63, 3.8) is 0 Å². The minimum atomic E-state index is 0.0111. The van der Waals surface area contributed by atoms with Crippen molar-refractivity contribution in [1.82, 2.24) is 9.55 Å². The molecule has 0 atom stereocenters. The number of para-hydroxylation sites is 1. The second-order valence-corrected chi connectivity index (χ2v) is 6.99. The Morgan fingerprint density at radius 1 is 1.12 bits per heavy atom. The first-order valence-corrected chi connectivity index (χ1v) is 9.21. The number of hydrogen-bond donors (Lipinski definition) is 0. The van der Waals surface area contributed by atoms with Crippen molar-refractivity contribution in [2.24, 2.45) is 0 Å². The number of hydrogen-bond acceptors (Lipinski definition) is 4. The molecule has 0 amide bonds. The van der Waals surface area contributed by atoms with Gasteiger partial charge in [0.05, 0.1) is 22.5 Å². The number of ether oxygens (including phenoxy) is 1. The maximum atomic E-state index is 12.7. The summed E-state index contributed by atoms with van der Waals surface area (Å²) in [6.45, 7) is 2.57. The van der Waals surface area contributed by atoms with E-state index in [-0.39, 0.29) is 5.56 Å². The summed E-state index contributed by atoms with van der Waals surface area (Å²) >= 11 is 12.0. The molecule has 26 heavy (non-hydrogen) atoms. The highest BCUT2D eigenvalue weighted by Gasteiger charge is 2.21. The van der Waals surface area contributed by atoms with Gasteiger partial charge in [-0.25, -0.2) is 4.98 Å². The molecule has 0 fully saturated rings. The van der Waals surface area contributed by atoms with E-state index in [0.717, 1.165) is 18.5 Å². The van der Waals surface area contributed by atoms with Crippen molar-refractivity contribution < 1.29 is 4.74 Å². The summed E-state index contributed by atoms with van der Waals surface area (Å²) in [5.41, 5.74) is 0.731. The Bertz CT molecular complexity index is 1020. The fourth-order valence-corrected chi connectivity index (χ4v) is 3.65. The van der Waals surface area contributed by atoms with Crippen LogP contribution >= 0.6 is 23.2 Å². The van der Waals surface area contributed by atoms with Crippen LogP contribution in [-0.4, -0.2) is 29.2 Å². The van der Waals surface area contributed by atoms with E-state index in [9.17, 15) is 4.79 Å². The van der Waals surface area contributed by atoms with Gasteiger partial charge in [0.2, 0.25) is 5.95 Å². The number of benzene rings is 2. The van der Waals surface area contributed by atoms with Crippen molar-refractivity contribution in [3.05, 3.63) is 62.9 Å². The number of rotatable bonds is 4. The van der Waals surface area contributed by atoms with Gasteiger partial charge in [0.25, 0.3) is 5.56 Å². The maximum Gasteiger partial charge on any atom is 0.262 e. The van der Waals surface area contributed by atoms with Crippen molar-refractivity contribution in [3.8, 4) is 5.75 Å². The number of aromatic nitrogens is 2. The second kappa shape index (κ2) is 7.17. The Labute approximate surface area is 160 Å². The zero-order valence-corrected chi connectivity index (χ0v) is 15.5. The van der Waals surface area contributed by atoms with Crippen LogP contribution in [-0.2, 0) is 6.54 Å². The number of fused-ring (bicyclic) bond motifs is 2. The van der Waals surface area contributed by atoms with Crippen molar-refractivity contribution in [2.45, 2.75) is 13.0 Å². The van der Waals surface area contributed by atoms with Crippen LogP contribution in [0.2, 0.25) is 10.0 Å². The van der Waals surface area contributed by atoms with E-state index in [0.29, 0.717) is 46.8 Å². The summed E-state index contributed by atoms with van der Waals surface area (Å²) in [4.78, 5) is 19.5. The molecule has 3 aromatic rings. The van der Waals surface area contributed by atoms with E-state index < -0.39 is 0 Å². The van der Waals surface area contributed by atoms with Gasteiger partial charge in [0.15, 0.2) is 0 Å². The van der Waals surface area contributed by atoms with E-state index in [1.54, 1.807) is 22.8 Å². The summed E-state index contributed by atoms with van der Waals surface area (Å²) in [5, 5.41) is 1.71. The summed E-state index contributed by atoms with van der Waals surface area (Å²) in [7, 11) is 0. The van der Waals surface area contributed by atoms with Crippen LogP contribution in [0.1, 0.15) is 6.42 Å². The smallest absolute Gasteiger partial charge is 0.262 e. The molecule has 2 aromatic carbocycles. The molecule has 0 N–H and O–H groups in total. The summed E-state index contributed by atoms with van der Waals surface area (Å²) < 4.78 is 7.53. The minimum Gasteiger partial charge on any atom is -0.490 e. The van der Waals surface area contributed by atoms with Gasteiger partial charge >= 0.3 is 0 Å². The number of halogens is 2. The highest BCUT2D eigenvalue weighted by Crippen LogP contribution is 2.27. The summed E-state index contributed by atoms with van der Waals surface area (Å²) in [6, 6.07) is 12.6. The Morgan fingerprint density at radius 3 is 2.81 bits per heavy atom. The molecule has 4 rings (SSSR count). The topological polar surface area (TPSA) is 47.4 Å². The summed E-state index contributed by atoms with van der Waals surface area (Å²) in [6.07, 6.45) is 0.897. The molecule has 1 aliphatic rings.